The normalized spacial score (nSPS) is 14.7. The maximum absolute atomic E-state index is 14.7. The van der Waals surface area contributed by atoms with Crippen molar-refractivity contribution in [3.05, 3.63) is 54.9 Å². The van der Waals surface area contributed by atoms with Crippen LogP contribution in [0, 0.1) is 5.82 Å². The van der Waals surface area contributed by atoms with Crippen LogP contribution in [0.15, 0.2) is 49.1 Å². The van der Waals surface area contributed by atoms with Crippen molar-refractivity contribution >= 4 is 16.7 Å². The van der Waals surface area contributed by atoms with E-state index >= 15 is 0 Å². The molecule has 7 nitrogen and oxygen atoms in total. The van der Waals surface area contributed by atoms with Crippen molar-refractivity contribution in [1.82, 2.24) is 24.5 Å². The smallest absolute Gasteiger partial charge is 0.134 e. The number of morpholine rings is 1. The fourth-order valence-electron chi connectivity index (χ4n) is 3.53. The quantitative estimate of drug-likeness (QED) is 0.549. The molecular formula is C20H19FN6O. The standard InChI is InChI=1S/C20H19FN6O/c1-25-13-15(11-23-25)14-8-18(21)17-12-24-27(19(17)9-14)16-2-3-22-20(10-16)26-4-6-28-7-5-26/h2-3,8-13H,4-7H2,1H3. The monoisotopic (exact) mass is 378 g/mol. The molecule has 5 rings (SSSR count). The van der Waals surface area contributed by atoms with Crippen LogP contribution in [0.4, 0.5) is 10.2 Å². The molecular weight excluding hydrogens is 359 g/mol. The van der Waals surface area contributed by atoms with Crippen LogP contribution in [0.1, 0.15) is 0 Å². The Hall–Kier alpha value is -3.26. The molecule has 0 bridgehead atoms. The highest BCUT2D eigenvalue weighted by Gasteiger charge is 2.16. The molecule has 1 saturated heterocycles. The fraction of sp³-hybridized carbons (Fsp3) is 0.250. The van der Waals surface area contributed by atoms with Gasteiger partial charge in [-0.25, -0.2) is 14.1 Å². The van der Waals surface area contributed by atoms with Crippen molar-refractivity contribution in [3.8, 4) is 16.8 Å². The van der Waals surface area contributed by atoms with Crippen molar-refractivity contribution in [3.63, 3.8) is 0 Å². The molecule has 0 N–H and O–H groups in total. The van der Waals surface area contributed by atoms with Crippen LogP contribution in [0.5, 0.6) is 0 Å². The van der Waals surface area contributed by atoms with Gasteiger partial charge in [0.15, 0.2) is 0 Å². The van der Waals surface area contributed by atoms with Gasteiger partial charge in [-0.05, 0) is 23.8 Å². The van der Waals surface area contributed by atoms with Gasteiger partial charge in [-0.15, -0.1) is 0 Å². The summed E-state index contributed by atoms with van der Waals surface area (Å²) in [5.41, 5.74) is 3.18. The minimum absolute atomic E-state index is 0.301. The van der Waals surface area contributed by atoms with Gasteiger partial charge < -0.3 is 9.64 Å². The summed E-state index contributed by atoms with van der Waals surface area (Å²) in [5, 5.41) is 9.10. The number of anilines is 1. The predicted molar refractivity (Wildman–Crippen MR) is 104 cm³/mol. The third-order valence-electron chi connectivity index (χ3n) is 4.99. The summed E-state index contributed by atoms with van der Waals surface area (Å²) >= 11 is 0. The van der Waals surface area contributed by atoms with Crippen molar-refractivity contribution in [1.29, 1.82) is 0 Å². The molecule has 0 radical (unpaired) electrons. The highest BCUT2D eigenvalue weighted by Crippen LogP contribution is 2.29. The predicted octanol–water partition coefficient (Wildman–Crippen LogP) is 2.80. The van der Waals surface area contributed by atoms with Gasteiger partial charge in [-0.1, -0.05) is 0 Å². The number of hydrogen-bond donors (Lipinski definition) is 0. The van der Waals surface area contributed by atoms with Gasteiger partial charge in [-0.2, -0.15) is 10.2 Å². The molecule has 1 aliphatic heterocycles. The van der Waals surface area contributed by atoms with E-state index in [1.807, 2.05) is 31.4 Å². The Labute approximate surface area is 161 Å². The molecule has 1 fully saturated rings. The Balaban J connectivity index is 1.60. The van der Waals surface area contributed by atoms with Gasteiger partial charge in [0.05, 0.1) is 42.2 Å². The molecule has 0 atom stereocenters. The van der Waals surface area contributed by atoms with E-state index in [1.54, 1.807) is 28.0 Å². The average molecular weight is 378 g/mol. The number of nitrogens with zero attached hydrogens (tertiary/aromatic N) is 6. The van der Waals surface area contributed by atoms with E-state index in [-0.39, 0.29) is 5.82 Å². The third-order valence-corrected chi connectivity index (χ3v) is 4.99. The number of aromatic nitrogens is 5. The number of rotatable bonds is 3. The number of pyridine rings is 1. The molecule has 8 heteroatoms. The maximum Gasteiger partial charge on any atom is 0.134 e. The summed E-state index contributed by atoms with van der Waals surface area (Å²) < 4.78 is 23.6. The van der Waals surface area contributed by atoms with Gasteiger partial charge in [0.1, 0.15) is 11.6 Å². The number of fused-ring (bicyclic) bond motifs is 1. The lowest BCUT2D eigenvalue weighted by atomic mass is 10.1. The molecule has 1 aromatic carbocycles. The maximum atomic E-state index is 14.7. The first kappa shape index (κ1) is 16.9. The van der Waals surface area contributed by atoms with Gasteiger partial charge in [0, 0.05) is 44.2 Å². The number of hydrogen-bond acceptors (Lipinski definition) is 5. The zero-order chi connectivity index (χ0) is 19.1. The Morgan fingerprint density at radius 1 is 1.04 bits per heavy atom. The molecule has 0 amide bonds. The molecule has 0 spiro atoms. The van der Waals surface area contributed by atoms with E-state index in [0.29, 0.717) is 24.1 Å². The van der Waals surface area contributed by atoms with Gasteiger partial charge in [-0.3, -0.25) is 4.68 Å². The number of halogens is 1. The van der Waals surface area contributed by atoms with Crippen LogP contribution in [0.25, 0.3) is 27.7 Å². The first-order valence-electron chi connectivity index (χ1n) is 9.14. The van der Waals surface area contributed by atoms with Crippen LogP contribution in [0.2, 0.25) is 0 Å². The second kappa shape index (κ2) is 6.72. The average Bonchev–Trinajstić information content (AvgIpc) is 3.35. The van der Waals surface area contributed by atoms with E-state index in [2.05, 4.69) is 20.1 Å². The van der Waals surface area contributed by atoms with Crippen LogP contribution >= 0.6 is 0 Å². The second-order valence-corrected chi connectivity index (χ2v) is 6.82. The van der Waals surface area contributed by atoms with E-state index in [0.717, 1.165) is 35.7 Å². The fourth-order valence-corrected chi connectivity index (χ4v) is 3.53. The summed E-state index contributed by atoms with van der Waals surface area (Å²) in [6.07, 6.45) is 6.91. The van der Waals surface area contributed by atoms with Crippen LogP contribution in [-0.2, 0) is 11.8 Å². The molecule has 0 unspecified atom stereocenters. The van der Waals surface area contributed by atoms with E-state index in [9.17, 15) is 4.39 Å². The third kappa shape index (κ3) is 2.91. The Morgan fingerprint density at radius 3 is 2.68 bits per heavy atom. The van der Waals surface area contributed by atoms with Gasteiger partial charge in [0.25, 0.3) is 0 Å². The minimum atomic E-state index is -0.301. The van der Waals surface area contributed by atoms with E-state index < -0.39 is 0 Å². The van der Waals surface area contributed by atoms with Crippen molar-refractivity contribution in [2.24, 2.45) is 7.05 Å². The highest BCUT2D eigenvalue weighted by molar-refractivity contribution is 5.86. The van der Waals surface area contributed by atoms with Crippen LogP contribution < -0.4 is 4.90 Å². The van der Waals surface area contributed by atoms with Crippen molar-refractivity contribution in [2.45, 2.75) is 0 Å². The van der Waals surface area contributed by atoms with Gasteiger partial charge in [0.2, 0.25) is 0 Å². The summed E-state index contributed by atoms with van der Waals surface area (Å²) in [7, 11) is 1.84. The van der Waals surface area contributed by atoms with E-state index in [4.69, 9.17) is 4.74 Å². The molecule has 0 saturated carbocycles. The number of benzene rings is 1. The topological polar surface area (TPSA) is 61.0 Å². The molecule has 4 aromatic rings. The Kier molecular flexibility index (Phi) is 4.05. The Morgan fingerprint density at radius 2 is 1.89 bits per heavy atom. The largest absolute Gasteiger partial charge is 0.378 e. The molecule has 3 aromatic heterocycles. The molecule has 1 aliphatic rings. The second-order valence-electron chi connectivity index (χ2n) is 6.82. The molecule has 0 aliphatic carbocycles. The lowest BCUT2D eigenvalue weighted by molar-refractivity contribution is 0.122. The molecule has 142 valence electrons. The first-order chi connectivity index (χ1) is 13.7. The summed E-state index contributed by atoms with van der Waals surface area (Å²) in [4.78, 5) is 6.66. The first-order valence-corrected chi connectivity index (χ1v) is 9.14. The van der Waals surface area contributed by atoms with Crippen LogP contribution in [0.3, 0.4) is 0 Å². The minimum Gasteiger partial charge on any atom is -0.378 e. The zero-order valence-electron chi connectivity index (χ0n) is 15.4. The van der Waals surface area contributed by atoms with Gasteiger partial charge >= 0.3 is 0 Å². The van der Waals surface area contributed by atoms with Crippen LogP contribution in [-0.4, -0.2) is 50.8 Å². The lowest BCUT2D eigenvalue weighted by Crippen LogP contribution is -2.36. The van der Waals surface area contributed by atoms with E-state index in [1.165, 1.54) is 6.07 Å². The number of ether oxygens (including phenoxy) is 1. The van der Waals surface area contributed by atoms with Crippen molar-refractivity contribution < 1.29 is 9.13 Å². The SMILES string of the molecule is Cn1cc(-c2cc(F)c3cnn(-c4ccnc(N5CCOCC5)c4)c3c2)cn1. The lowest BCUT2D eigenvalue weighted by Gasteiger charge is -2.28. The van der Waals surface area contributed by atoms with Crippen molar-refractivity contribution in [2.75, 3.05) is 31.2 Å². The zero-order valence-corrected chi connectivity index (χ0v) is 15.4. The summed E-state index contributed by atoms with van der Waals surface area (Å²) in [6, 6.07) is 7.33. The molecule has 28 heavy (non-hydrogen) atoms. The number of aryl methyl sites for hydroxylation is 1. The summed E-state index contributed by atoms with van der Waals surface area (Å²) in [5.74, 6) is 0.568. The highest BCUT2D eigenvalue weighted by atomic mass is 19.1. The summed E-state index contributed by atoms with van der Waals surface area (Å²) in [6.45, 7) is 2.98. The Bertz CT molecular complexity index is 1140. The molecule has 4 heterocycles.